The van der Waals surface area contributed by atoms with Crippen molar-refractivity contribution in [2.75, 3.05) is 0 Å². The molecule has 0 radical (unpaired) electrons. The lowest BCUT2D eigenvalue weighted by molar-refractivity contribution is -0.149. The summed E-state index contributed by atoms with van der Waals surface area (Å²) in [5.74, 6) is -1.92. The fourth-order valence-electron chi connectivity index (χ4n) is 3.15. The van der Waals surface area contributed by atoms with E-state index in [-0.39, 0.29) is 27.8 Å². The zero-order valence-corrected chi connectivity index (χ0v) is 17.2. The Balaban J connectivity index is 1.43. The zero-order valence-electron chi connectivity index (χ0n) is 15.7. The van der Waals surface area contributed by atoms with Crippen molar-refractivity contribution in [1.82, 2.24) is 14.7 Å². The van der Waals surface area contributed by atoms with Crippen molar-refractivity contribution in [3.05, 3.63) is 81.6 Å². The highest BCUT2D eigenvalue weighted by Gasteiger charge is 2.42. The maximum Gasteiger partial charge on any atom is 0.329 e. The van der Waals surface area contributed by atoms with E-state index in [9.17, 15) is 14.4 Å². The van der Waals surface area contributed by atoms with Gasteiger partial charge in [-0.1, -0.05) is 35.3 Å². The Morgan fingerprint density at radius 2 is 1.67 bits per heavy atom. The van der Waals surface area contributed by atoms with Crippen molar-refractivity contribution in [1.29, 1.82) is 0 Å². The van der Waals surface area contributed by atoms with Gasteiger partial charge in [0.2, 0.25) is 0 Å². The minimum absolute atomic E-state index is 0.00336. The van der Waals surface area contributed by atoms with Gasteiger partial charge in [-0.2, -0.15) is 5.10 Å². The first-order valence-electron chi connectivity index (χ1n) is 8.99. The maximum atomic E-state index is 12.6. The van der Waals surface area contributed by atoms with Crippen molar-refractivity contribution >= 4 is 41.0 Å². The van der Waals surface area contributed by atoms with Crippen LogP contribution < -0.4 is 0 Å². The number of ether oxygens (including phenoxy) is 1. The first-order valence-corrected chi connectivity index (χ1v) is 9.75. The molecule has 2 amide bonds. The molecule has 7 nitrogen and oxygen atoms in total. The number of hydrogen-bond acceptors (Lipinski definition) is 5. The van der Waals surface area contributed by atoms with Crippen molar-refractivity contribution in [3.8, 4) is 5.69 Å². The van der Waals surface area contributed by atoms with Crippen LogP contribution in [0.5, 0.6) is 0 Å². The van der Waals surface area contributed by atoms with Crippen LogP contribution in [0.15, 0.2) is 54.9 Å². The molecule has 4 rings (SSSR count). The van der Waals surface area contributed by atoms with Gasteiger partial charge in [-0.3, -0.25) is 14.5 Å². The van der Waals surface area contributed by atoms with E-state index in [1.165, 1.54) is 19.1 Å². The summed E-state index contributed by atoms with van der Waals surface area (Å²) < 4.78 is 7.02. The van der Waals surface area contributed by atoms with E-state index in [1.54, 1.807) is 23.0 Å². The number of carbonyl (C=O) groups is 3. The summed E-state index contributed by atoms with van der Waals surface area (Å²) in [6, 6.07) is 10.7. The van der Waals surface area contributed by atoms with Crippen LogP contribution in [0, 0.1) is 0 Å². The lowest BCUT2D eigenvalue weighted by atomic mass is 10.1. The highest BCUT2D eigenvalue weighted by molar-refractivity contribution is 6.43. The normalized spacial score (nSPS) is 14.0. The van der Waals surface area contributed by atoms with Crippen LogP contribution in [0.3, 0.4) is 0 Å². The van der Waals surface area contributed by atoms with Gasteiger partial charge in [0.25, 0.3) is 11.8 Å². The van der Waals surface area contributed by atoms with Gasteiger partial charge >= 0.3 is 5.97 Å². The van der Waals surface area contributed by atoms with Crippen LogP contribution in [0.2, 0.25) is 10.0 Å². The van der Waals surface area contributed by atoms with Crippen LogP contribution in [0.4, 0.5) is 0 Å². The molecule has 2 aromatic carbocycles. The molecule has 0 fully saturated rings. The van der Waals surface area contributed by atoms with Crippen LogP contribution in [-0.2, 0) is 16.1 Å². The number of fused-ring (bicyclic) bond motifs is 1. The lowest BCUT2D eigenvalue weighted by Gasteiger charge is -2.21. The summed E-state index contributed by atoms with van der Waals surface area (Å²) in [5.41, 5.74) is 1.85. The maximum absolute atomic E-state index is 12.6. The topological polar surface area (TPSA) is 81.5 Å². The number of hydrogen-bond donors (Lipinski definition) is 0. The molecule has 1 atom stereocenters. The van der Waals surface area contributed by atoms with Gasteiger partial charge in [-0.15, -0.1) is 0 Å². The van der Waals surface area contributed by atoms with Gasteiger partial charge in [0.1, 0.15) is 12.6 Å². The van der Waals surface area contributed by atoms with E-state index < -0.39 is 23.8 Å². The predicted molar refractivity (Wildman–Crippen MR) is 110 cm³/mol. The summed E-state index contributed by atoms with van der Waals surface area (Å²) in [4.78, 5) is 38.6. The summed E-state index contributed by atoms with van der Waals surface area (Å²) in [7, 11) is 0. The Bertz CT molecular complexity index is 1100. The SMILES string of the molecule is C[C@@H](C(=O)OCc1ccc(-n2cccn2)cc1)N1C(=O)c2cc(Cl)c(Cl)cc2C1=O. The van der Waals surface area contributed by atoms with Crippen LogP contribution in [-0.4, -0.2) is 38.5 Å². The van der Waals surface area contributed by atoms with Crippen molar-refractivity contribution < 1.29 is 19.1 Å². The van der Waals surface area contributed by atoms with E-state index in [2.05, 4.69) is 5.10 Å². The molecule has 1 aliphatic rings. The van der Waals surface area contributed by atoms with Crippen LogP contribution in [0.25, 0.3) is 5.69 Å². The lowest BCUT2D eigenvalue weighted by Crippen LogP contribution is -2.43. The average Bonchev–Trinajstić information content (AvgIpc) is 3.35. The first-order chi connectivity index (χ1) is 14.4. The molecule has 0 saturated heterocycles. The summed E-state index contributed by atoms with van der Waals surface area (Å²) in [6.07, 6.45) is 3.50. The molecule has 0 spiro atoms. The Hall–Kier alpha value is -3.16. The molecule has 0 bridgehead atoms. The average molecular weight is 444 g/mol. The molecule has 2 heterocycles. The minimum Gasteiger partial charge on any atom is -0.459 e. The Morgan fingerprint density at radius 3 is 2.20 bits per heavy atom. The van der Waals surface area contributed by atoms with Gasteiger partial charge < -0.3 is 4.74 Å². The van der Waals surface area contributed by atoms with Gasteiger partial charge in [-0.05, 0) is 42.8 Å². The van der Waals surface area contributed by atoms with Crippen LogP contribution in [0.1, 0.15) is 33.2 Å². The Morgan fingerprint density at radius 1 is 1.07 bits per heavy atom. The van der Waals surface area contributed by atoms with Gasteiger partial charge in [0.05, 0.1) is 26.9 Å². The Labute approximate surface area is 181 Å². The number of carbonyl (C=O) groups excluding carboxylic acids is 3. The van der Waals surface area contributed by atoms with E-state index >= 15 is 0 Å². The van der Waals surface area contributed by atoms with Crippen molar-refractivity contribution in [3.63, 3.8) is 0 Å². The number of benzene rings is 2. The number of nitrogens with zero attached hydrogens (tertiary/aromatic N) is 3. The quantitative estimate of drug-likeness (QED) is 0.441. The molecule has 0 N–H and O–H groups in total. The number of aromatic nitrogens is 2. The van der Waals surface area contributed by atoms with E-state index in [0.29, 0.717) is 0 Å². The van der Waals surface area contributed by atoms with Crippen LogP contribution >= 0.6 is 23.2 Å². The highest BCUT2D eigenvalue weighted by Crippen LogP contribution is 2.32. The molecule has 152 valence electrons. The molecule has 0 unspecified atom stereocenters. The zero-order chi connectivity index (χ0) is 21.4. The predicted octanol–water partition coefficient (Wildman–Crippen LogP) is 3.91. The third-order valence-electron chi connectivity index (χ3n) is 4.77. The van der Waals surface area contributed by atoms with Crippen molar-refractivity contribution in [2.24, 2.45) is 0 Å². The summed E-state index contributed by atoms with van der Waals surface area (Å²) in [5, 5.41) is 4.46. The molecular formula is C21H15Cl2N3O4. The molecule has 1 aromatic heterocycles. The fraction of sp³-hybridized carbons (Fsp3) is 0.143. The molecule has 9 heteroatoms. The van der Waals surface area contributed by atoms with E-state index in [0.717, 1.165) is 16.2 Å². The minimum atomic E-state index is -1.10. The van der Waals surface area contributed by atoms with E-state index in [4.69, 9.17) is 27.9 Å². The summed E-state index contributed by atoms with van der Waals surface area (Å²) in [6.45, 7) is 1.44. The standard InChI is InChI=1S/C21H15Cl2N3O4/c1-12(26-19(27)15-9-17(22)18(23)10-16(15)20(26)28)21(29)30-11-13-3-5-14(6-4-13)25-8-2-7-24-25/h2-10,12H,11H2,1H3/t12-/m0/s1. The summed E-state index contributed by atoms with van der Waals surface area (Å²) >= 11 is 11.9. The second-order valence-corrected chi connectivity index (χ2v) is 7.51. The molecule has 0 aliphatic carbocycles. The number of rotatable bonds is 5. The highest BCUT2D eigenvalue weighted by atomic mass is 35.5. The molecule has 30 heavy (non-hydrogen) atoms. The molecule has 3 aromatic rings. The fourth-order valence-corrected chi connectivity index (χ4v) is 3.48. The monoisotopic (exact) mass is 443 g/mol. The number of amides is 2. The number of imide groups is 1. The first kappa shape index (κ1) is 20.1. The second-order valence-electron chi connectivity index (χ2n) is 6.69. The Kier molecular flexibility index (Phi) is 5.32. The van der Waals surface area contributed by atoms with Crippen molar-refractivity contribution in [2.45, 2.75) is 19.6 Å². The smallest absolute Gasteiger partial charge is 0.329 e. The number of halogens is 2. The molecule has 0 saturated carbocycles. The molecular weight excluding hydrogens is 429 g/mol. The third kappa shape index (κ3) is 3.58. The van der Waals surface area contributed by atoms with E-state index in [1.807, 2.05) is 24.4 Å². The third-order valence-corrected chi connectivity index (χ3v) is 5.50. The number of esters is 1. The van der Waals surface area contributed by atoms with Gasteiger partial charge in [-0.25, -0.2) is 9.48 Å². The van der Waals surface area contributed by atoms with Gasteiger partial charge in [0, 0.05) is 12.4 Å². The molecule has 1 aliphatic heterocycles. The second kappa shape index (κ2) is 7.93. The largest absolute Gasteiger partial charge is 0.459 e. The van der Waals surface area contributed by atoms with Gasteiger partial charge in [0.15, 0.2) is 0 Å².